The highest BCUT2D eigenvalue weighted by molar-refractivity contribution is 7.99. The van der Waals surface area contributed by atoms with Crippen LogP contribution in [-0.2, 0) is 0 Å². The molecule has 0 aliphatic carbocycles. The summed E-state index contributed by atoms with van der Waals surface area (Å²) in [5.41, 5.74) is 0. The van der Waals surface area contributed by atoms with Crippen LogP contribution in [-0.4, -0.2) is 27.4 Å². The Labute approximate surface area is 100 Å². The second-order valence-corrected chi connectivity index (χ2v) is 5.90. The van der Waals surface area contributed by atoms with Gasteiger partial charge in [-0.15, -0.1) is 0 Å². The third kappa shape index (κ3) is 4.38. The van der Waals surface area contributed by atoms with Crippen molar-refractivity contribution >= 4 is 28.4 Å². The summed E-state index contributed by atoms with van der Waals surface area (Å²) in [6.45, 7) is 7.45. The number of rotatable bonds is 6. The normalized spacial score (nSPS) is 13.1. The minimum atomic E-state index is 0.418. The quantitative estimate of drug-likeness (QED) is 0.835. The molecule has 1 aromatic rings. The van der Waals surface area contributed by atoms with Gasteiger partial charge in [0.15, 0.2) is 0 Å². The number of hydrogen-bond donors (Lipinski definition) is 1. The van der Waals surface area contributed by atoms with Crippen molar-refractivity contribution in [1.82, 2.24) is 9.36 Å². The van der Waals surface area contributed by atoms with Gasteiger partial charge in [0.25, 0.3) is 0 Å². The molecule has 0 fully saturated rings. The molecule has 1 atom stereocenters. The van der Waals surface area contributed by atoms with Gasteiger partial charge in [-0.1, -0.05) is 20.8 Å². The molecule has 0 radical (unpaired) electrons. The molecule has 0 saturated heterocycles. The molecule has 3 nitrogen and oxygen atoms in total. The molecule has 0 aliphatic rings. The van der Waals surface area contributed by atoms with Crippen LogP contribution in [0.2, 0.25) is 0 Å². The van der Waals surface area contributed by atoms with Gasteiger partial charge in [-0.05, 0) is 12.7 Å². The fourth-order valence-corrected chi connectivity index (χ4v) is 2.13. The number of nitrogens with one attached hydrogen (secondary N) is 1. The topological polar surface area (TPSA) is 37.8 Å². The Morgan fingerprint density at radius 2 is 2.13 bits per heavy atom. The minimum Gasteiger partial charge on any atom is -0.360 e. The molecule has 1 heterocycles. The molecule has 5 heteroatoms. The molecule has 0 aliphatic heterocycles. The summed E-state index contributed by atoms with van der Waals surface area (Å²) in [6, 6.07) is 0. The van der Waals surface area contributed by atoms with Gasteiger partial charge in [0.2, 0.25) is 5.13 Å². The first kappa shape index (κ1) is 12.8. The number of nitrogens with zero attached hydrogens (tertiary/aromatic N) is 2. The summed E-state index contributed by atoms with van der Waals surface area (Å²) in [4.78, 5) is 4.42. The van der Waals surface area contributed by atoms with E-state index in [-0.39, 0.29) is 0 Å². The zero-order valence-electron chi connectivity index (χ0n) is 9.78. The Balaban J connectivity index is 2.31. The average Bonchev–Trinajstić information content (AvgIpc) is 2.66. The standard InChI is InChI=1S/C10H19N3S2/c1-7(2)9-12-10(15-13-9)11-6-5-8(3)14-4/h7-8H,5-6H2,1-4H3,(H,11,12,13). The van der Waals surface area contributed by atoms with Crippen molar-refractivity contribution in [2.45, 2.75) is 38.4 Å². The lowest BCUT2D eigenvalue weighted by atomic mass is 10.2. The number of hydrogen-bond acceptors (Lipinski definition) is 5. The molecule has 1 aromatic heterocycles. The minimum absolute atomic E-state index is 0.418. The maximum atomic E-state index is 4.42. The van der Waals surface area contributed by atoms with Crippen LogP contribution in [0.3, 0.4) is 0 Å². The van der Waals surface area contributed by atoms with Crippen molar-refractivity contribution in [2.24, 2.45) is 0 Å². The van der Waals surface area contributed by atoms with Crippen LogP contribution in [0.15, 0.2) is 0 Å². The van der Waals surface area contributed by atoms with E-state index in [1.165, 1.54) is 11.5 Å². The van der Waals surface area contributed by atoms with Crippen LogP contribution in [0.25, 0.3) is 0 Å². The summed E-state index contributed by atoms with van der Waals surface area (Å²) >= 11 is 3.36. The lowest BCUT2D eigenvalue weighted by molar-refractivity contribution is 0.796. The smallest absolute Gasteiger partial charge is 0.202 e. The Bertz CT molecular complexity index is 286. The number of anilines is 1. The highest BCUT2D eigenvalue weighted by atomic mass is 32.2. The zero-order chi connectivity index (χ0) is 11.3. The lowest BCUT2D eigenvalue weighted by Gasteiger charge is -2.07. The van der Waals surface area contributed by atoms with Crippen molar-refractivity contribution in [3.63, 3.8) is 0 Å². The van der Waals surface area contributed by atoms with Gasteiger partial charge in [0.1, 0.15) is 5.82 Å². The van der Waals surface area contributed by atoms with Crippen molar-refractivity contribution in [2.75, 3.05) is 18.1 Å². The second-order valence-electron chi connectivity index (χ2n) is 3.87. The maximum Gasteiger partial charge on any atom is 0.202 e. The summed E-state index contributed by atoms with van der Waals surface area (Å²) < 4.78 is 4.30. The monoisotopic (exact) mass is 245 g/mol. The van der Waals surface area contributed by atoms with E-state index < -0.39 is 0 Å². The molecule has 1 rings (SSSR count). The highest BCUT2D eigenvalue weighted by Gasteiger charge is 2.07. The van der Waals surface area contributed by atoms with Crippen LogP contribution in [0, 0.1) is 0 Å². The van der Waals surface area contributed by atoms with E-state index in [9.17, 15) is 0 Å². The van der Waals surface area contributed by atoms with Gasteiger partial charge in [-0.25, -0.2) is 4.98 Å². The van der Waals surface area contributed by atoms with Crippen molar-refractivity contribution in [1.29, 1.82) is 0 Å². The van der Waals surface area contributed by atoms with Crippen LogP contribution in [0.1, 0.15) is 38.9 Å². The summed E-state index contributed by atoms with van der Waals surface area (Å²) in [5.74, 6) is 1.36. The third-order valence-electron chi connectivity index (χ3n) is 2.19. The Morgan fingerprint density at radius 1 is 1.40 bits per heavy atom. The van der Waals surface area contributed by atoms with E-state index in [4.69, 9.17) is 0 Å². The molecule has 15 heavy (non-hydrogen) atoms. The SMILES string of the molecule is CSC(C)CCNc1nc(C(C)C)ns1. The van der Waals surface area contributed by atoms with E-state index in [2.05, 4.69) is 41.7 Å². The highest BCUT2D eigenvalue weighted by Crippen LogP contribution is 2.17. The van der Waals surface area contributed by atoms with E-state index in [1.807, 2.05) is 11.8 Å². The first-order chi connectivity index (χ1) is 7.13. The number of thioether (sulfide) groups is 1. The Hall–Kier alpha value is -0.290. The van der Waals surface area contributed by atoms with E-state index >= 15 is 0 Å². The first-order valence-corrected chi connectivity index (χ1v) is 7.30. The van der Waals surface area contributed by atoms with Gasteiger partial charge in [-0.2, -0.15) is 16.1 Å². The number of aromatic nitrogens is 2. The summed E-state index contributed by atoms with van der Waals surface area (Å²) in [5, 5.41) is 4.97. The molecule has 0 spiro atoms. The van der Waals surface area contributed by atoms with Crippen LogP contribution in [0.4, 0.5) is 5.13 Å². The molecule has 0 bridgehead atoms. The predicted molar refractivity (Wildman–Crippen MR) is 70.1 cm³/mol. The van der Waals surface area contributed by atoms with E-state index in [1.54, 1.807) is 0 Å². The van der Waals surface area contributed by atoms with Crippen molar-refractivity contribution in [3.8, 4) is 0 Å². The molecule has 1 N–H and O–H groups in total. The van der Waals surface area contributed by atoms with Gasteiger partial charge in [0, 0.05) is 29.2 Å². The van der Waals surface area contributed by atoms with Crippen molar-refractivity contribution < 1.29 is 0 Å². The Kier molecular flexibility index (Phi) is 5.39. The first-order valence-electron chi connectivity index (χ1n) is 5.23. The molecule has 1 unspecified atom stereocenters. The average molecular weight is 245 g/mol. The maximum absolute atomic E-state index is 4.42. The lowest BCUT2D eigenvalue weighted by Crippen LogP contribution is -2.07. The molecule has 0 saturated carbocycles. The summed E-state index contributed by atoms with van der Waals surface area (Å²) in [7, 11) is 0. The fraction of sp³-hybridized carbons (Fsp3) is 0.800. The molecular formula is C10H19N3S2. The van der Waals surface area contributed by atoms with Crippen LogP contribution < -0.4 is 5.32 Å². The molecule has 0 aromatic carbocycles. The predicted octanol–water partition coefficient (Wildman–Crippen LogP) is 3.22. The molecular weight excluding hydrogens is 226 g/mol. The van der Waals surface area contributed by atoms with Gasteiger partial charge in [0.05, 0.1) is 0 Å². The van der Waals surface area contributed by atoms with E-state index in [0.29, 0.717) is 11.2 Å². The fourth-order valence-electron chi connectivity index (χ4n) is 1.04. The van der Waals surface area contributed by atoms with Gasteiger partial charge >= 0.3 is 0 Å². The van der Waals surface area contributed by atoms with Crippen LogP contribution >= 0.6 is 23.3 Å². The van der Waals surface area contributed by atoms with Crippen LogP contribution in [0.5, 0.6) is 0 Å². The van der Waals surface area contributed by atoms with Crippen molar-refractivity contribution in [3.05, 3.63) is 5.82 Å². The summed E-state index contributed by atoms with van der Waals surface area (Å²) in [6.07, 6.45) is 3.31. The molecule has 0 amide bonds. The van der Waals surface area contributed by atoms with E-state index in [0.717, 1.165) is 23.9 Å². The molecule has 86 valence electrons. The second kappa shape index (κ2) is 6.33. The van der Waals surface area contributed by atoms with Gasteiger partial charge in [-0.3, -0.25) is 0 Å². The third-order valence-corrected chi connectivity index (χ3v) is 3.91. The largest absolute Gasteiger partial charge is 0.360 e. The zero-order valence-corrected chi connectivity index (χ0v) is 11.4. The Morgan fingerprint density at radius 3 is 2.67 bits per heavy atom. The van der Waals surface area contributed by atoms with Gasteiger partial charge < -0.3 is 5.32 Å².